The Hall–Kier alpha value is -0.830. The number of aromatic nitrogens is 2. The van der Waals surface area contributed by atoms with Gasteiger partial charge >= 0.3 is 0 Å². The molecule has 1 heterocycles. The third kappa shape index (κ3) is 2.59. The molecule has 0 bridgehead atoms. The zero-order chi connectivity index (χ0) is 10.7. The zero-order valence-corrected chi connectivity index (χ0v) is 9.66. The van der Waals surface area contributed by atoms with Gasteiger partial charge in [0.2, 0.25) is 0 Å². The standard InChI is InChI=1S/C12H21N3/c1-9(11-5-3-4-6-11)15-10(2)12-7-13-14-8-12/h7-11,15H,3-6H2,1-2H3,(H,13,14). The molecule has 0 saturated heterocycles. The highest BCUT2D eigenvalue weighted by Gasteiger charge is 2.22. The van der Waals surface area contributed by atoms with Gasteiger partial charge in [0.25, 0.3) is 0 Å². The molecule has 84 valence electrons. The van der Waals surface area contributed by atoms with Crippen molar-refractivity contribution in [3.63, 3.8) is 0 Å². The van der Waals surface area contributed by atoms with Gasteiger partial charge in [0, 0.05) is 23.8 Å². The highest BCUT2D eigenvalue weighted by Crippen LogP contribution is 2.28. The van der Waals surface area contributed by atoms with Gasteiger partial charge < -0.3 is 5.32 Å². The summed E-state index contributed by atoms with van der Waals surface area (Å²) in [5.41, 5.74) is 1.25. The molecule has 0 radical (unpaired) electrons. The Morgan fingerprint density at radius 3 is 2.73 bits per heavy atom. The van der Waals surface area contributed by atoms with E-state index in [0.717, 1.165) is 5.92 Å². The van der Waals surface area contributed by atoms with Gasteiger partial charge in [-0.2, -0.15) is 5.10 Å². The Morgan fingerprint density at radius 2 is 2.13 bits per heavy atom. The summed E-state index contributed by atoms with van der Waals surface area (Å²) in [6, 6.07) is 1.02. The molecule has 0 spiro atoms. The fourth-order valence-electron chi connectivity index (χ4n) is 2.58. The maximum Gasteiger partial charge on any atom is 0.0534 e. The second-order valence-corrected chi connectivity index (χ2v) is 4.75. The number of nitrogens with zero attached hydrogens (tertiary/aromatic N) is 1. The van der Waals surface area contributed by atoms with E-state index in [1.165, 1.54) is 31.2 Å². The first kappa shape index (κ1) is 10.7. The molecule has 0 aliphatic heterocycles. The van der Waals surface area contributed by atoms with Crippen molar-refractivity contribution in [1.82, 2.24) is 15.5 Å². The predicted molar refractivity (Wildman–Crippen MR) is 61.6 cm³/mol. The second-order valence-electron chi connectivity index (χ2n) is 4.75. The van der Waals surface area contributed by atoms with Gasteiger partial charge in [-0.15, -0.1) is 0 Å². The van der Waals surface area contributed by atoms with E-state index >= 15 is 0 Å². The van der Waals surface area contributed by atoms with E-state index < -0.39 is 0 Å². The molecular formula is C12H21N3. The van der Waals surface area contributed by atoms with Crippen molar-refractivity contribution in [2.45, 2.75) is 51.6 Å². The second kappa shape index (κ2) is 4.79. The molecule has 1 aliphatic rings. The predicted octanol–water partition coefficient (Wildman–Crippen LogP) is 2.64. The van der Waals surface area contributed by atoms with Crippen LogP contribution in [0.3, 0.4) is 0 Å². The van der Waals surface area contributed by atoms with Crippen LogP contribution in [0.5, 0.6) is 0 Å². The van der Waals surface area contributed by atoms with E-state index in [4.69, 9.17) is 0 Å². The van der Waals surface area contributed by atoms with E-state index in [0.29, 0.717) is 12.1 Å². The molecule has 2 N–H and O–H groups in total. The minimum Gasteiger partial charge on any atom is -0.307 e. The normalized spacial score (nSPS) is 21.7. The molecule has 2 unspecified atom stereocenters. The summed E-state index contributed by atoms with van der Waals surface area (Å²) in [4.78, 5) is 0. The Labute approximate surface area is 91.7 Å². The van der Waals surface area contributed by atoms with Crippen molar-refractivity contribution in [2.75, 3.05) is 0 Å². The van der Waals surface area contributed by atoms with Crippen molar-refractivity contribution >= 4 is 0 Å². The van der Waals surface area contributed by atoms with Gasteiger partial charge in [-0.1, -0.05) is 12.8 Å². The van der Waals surface area contributed by atoms with Crippen molar-refractivity contribution in [2.24, 2.45) is 5.92 Å². The molecular weight excluding hydrogens is 186 g/mol. The summed E-state index contributed by atoms with van der Waals surface area (Å²) in [7, 11) is 0. The average molecular weight is 207 g/mol. The minimum atomic E-state index is 0.402. The lowest BCUT2D eigenvalue weighted by Crippen LogP contribution is -2.34. The Bertz CT molecular complexity index is 275. The van der Waals surface area contributed by atoms with E-state index in [2.05, 4.69) is 29.4 Å². The Kier molecular flexibility index (Phi) is 3.41. The first-order valence-corrected chi connectivity index (χ1v) is 6.02. The summed E-state index contributed by atoms with van der Waals surface area (Å²) in [6.07, 6.45) is 9.49. The molecule has 0 aromatic carbocycles. The number of H-pyrrole nitrogens is 1. The maximum absolute atomic E-state index is 3.98. The van der Waals surface area contributed by atoms with Crippen LogP contribution in [0.25, 0.3) is 0 Å². The van der Waals surface area contributed by atoms with Crippen LogP contribution in [0.1, 0.15) is 51.1 Å². The highest BCUT2D eigenvalue weighted by atomic mass is 15.1. The van der Waals surface area contributed by atoms with Crippen LogP contribution >= 0.6 is 0 Å². The average Bonchev–Trinajstić information content (AvgIpc) is 2.91. The number of nitrogens with one attached hydrogen (secondary N) is 2. The molecule has 3 nitrogen and oxygen atoms in total. The lowest BCUT2D eigenvalue weighted by Gasteiger charge is -2.24. The summed E-state index contributed by atoms with van der Waals surface area (Å²) < 4.78 is 0. The number of hydrogen-bond donors (Lipinski definition) is 2. The van der Waals surface area contributed by atoms with Gasteiger partial charge in [0.1, 0.15) is 0 Å². The van der Waals surface area contributed by atoms with Crippen molar-refractivity contribution in [1.29, 1.82) is 0 Å². The van der Waals surface area contributed by atoms with Gasteiger partial charge in [0.05, 0.1) is 6.20 Å². The minimum absolute atomic E-state index is 0.402. The molecule has 1 aliphatic carbocycles. The van der Waals surface area contributed by atoms with Crippen LogP contribution in [-0.4, -0.2) is 16.2 Å². The Balaban J connectivity index is 1.85. The zero-order valence-electron chi connectivity index (χ0n) is 9.66. The summed E-state index contributed by atoms with van der Waals surface area (Å²) >= 11 is 0. The molecule has 0 amide bonds. The lowest BCUT2D eigenvalue weighted by atomic mass is 9.98. The van der Waals surface area contributed by atoms with Crippen LogP contribution in [0.15, 0.2) is 12.4 Å². The van der Waals surface area contributed by atoms with Crippen molar-refractivity contribution in [3.05, 3.63) is 18.0 Å². The molecule has 3 heteroatoms. The summed E-state index contributed by atoms with van der Waals surface area (Å²) in [5, 5.41) is 10.5. The largest absolute Gasteiger partial charge is 0.307 e. The fraction of sp³-hybridized carbons (Fsp3) is 0.750. The third-order valence-electron chi connectivity index (χ3n) is 3.64. The van der Waals surface area contributed by atoms with E-state index in [1.807, 2.05) is 12.4 Å². The number of rotatable bonds is 4. The van der Waals surface area contributed by atoms with E-state index in [-0.39, 0.29) is 0 Å². The van der Waals surface area contributed by atoms with Crippen LogP contribution in [0.2, 0.25) is 0 Å². The Morgan fingerprint density at radius 1 is 1.40 bits per heavy atom. The van der Waals surface area contributed by atoms with Crippen molar-refractivity contribution < 1.29 is 0 Å². The third-order valence-corrected chi connectivity index (χ3v) is 3.64. The SMILES string of the molecule is CC(NC(C)C1CCCC1)c1cn[nH]c1. The lowest BCUT2D eigenvalue weighted by molar-refractivity contribution is 0.352. The molecule has 2 rings (SSSR count). The van der Waals surface area contributed by atoms with Crippen LogP contribution in [0.4, 0.5) is 0 Å². The van der Waals surface area contributed by atoms with Gasteiger partial charge in [-0.3, -0.25) is 5.10 Å². The molecule has 1 aromatic heterocycles. The molecule has 1 aromatic rings. The van der Waals surface area contributed by atoms with Gasteiger partial charge in [-0.05, 0) is 32.6 Å². The summed E-state index contributed by atoms with van der Waals surface area (Å²) in [5.74, 6) is 0.874. The molecule has 1 fully saturated rings. The quantitative estimate of drug-likeness (QED) is 0.797. The van der Waals surface area contributed by atoms with E-state index in [9.17, 15) is 0 Å². The van der Waals surface area contributed by atoms with Crippen LogP contribution in [0, 0.1) is 5.92 Å². The summed E-state index contributed by atoms with van der Waals surface area (Å²) in [6.45, 7) is 4.52. The van der Waals surface area contributed by atoms with Gasteiger partial charge in [0.15, 0.2) is 0 Å². The molecule has 15 heavy (non-hydrogen) atoms. The van der Waals surface area contributed by atoms with E-state index in [1.54, 1.807) is 0 Å². The van der Waals surface area contributed by atoms with Crippen molar-refractivity contribution in [3.8, 4) is 0 Å². The number of hydrogen-bond acceptors (Lipinski definition) is 2. The first-order valence-electron chi connectivity index (χ1n) is 6.02. The first-order chi connectivity index (χ1) is 7.27. The number of aromatic amines is 1. The molecule has 2 atom stereocenters. The van der Waals surface area contributed by atoms with Crippen LogP contribution < -0.4 is 5.32 Å². The fourth-order valence-corrected chi connectivity index (χ4v) is 2.58. The topological polar surface area (TPSA) is 40.7 Å². The molecule has 1 saturated carbocycles. The monoisotopic (exact) mass is 207 g/mol. The maximum atomic E-state index is 3.98. The van der Waals surface area contributed by atoms with Crippen LogP contribution in [-0.2, 0) is 0 Å². The smallest absolute Gasteiger partial charge is 0.0534 e. The van der Waals surface area contributed by atoms with Gasteiger partial charge in [-0.25, -0.2) is 0 Å². The highest BCUT2D eigenvalue weighted by molar-refractivity contribution is 5.08.